The SMILES string of the molecule is CC(=C1C(=O)NC(=O)c2ccccc21)c1ccc[nH]1. The van der Waals surface area contributed by atoms with Gasteiger partial charge in [-0.3, -0.25) is 14.9 Å². The molecule has 94 valence electrons. The van der Waals surface area contributed by atoms with Gasteiger partial charge in [-0.2, -0.15) is 0 Å². The molecule has 4 nitrogen and oxygen atoms in total. The van der Waals surface area contributed by atoms with Crippen LogP contribution in [0.4, 0.5) is 0 Å². The third kappa shape index (κ3) is 1.78. The van der Waals surface area contributed by atoms with E-state index in [0.717, 1.165) is 11.3 Å². The van der Waals surface area contributed by atoms with E-state index in [-0.39, 0.29) is 11.8 Å². The van der Waals surface area contributed by atoms with Gasteiger partial charge in [-0.05, 0) is 30.7 Å². The fraction of sp³-hybridized carbons (Fsp3) is 0.0667. The Morgan fingerprint density at radius 3 is 2.37 bits per heavy atom. The van der Waals surface area contributed by atoms with Crippen LogP contribution in [0.25, 0.3) is 11.1 Å². The van der Waals surface area contributed by atoms with E-state index in [1.54, 1.807) is 24.4 Å². The van der Waals surface area contributed by atoms with E-state index in [4.69, 9.17) is 0 Å². The number of aromatic nitrogens is 1. The summed E-state index contributed by atoms with van der Waals surface area (Å²) in [5.41, 5.74) is 3.45. The molecule has 0 unspecified atom stereocenters. The minimum atomic E-state index is -0.351. The van der Waals surface area contributed by atoms with E-state index in [1.807, 2.05) is 25.1 Å². The maximum absolute atomic E-state index is 12.1. The summed E-state index contributed by atoms with van der Waals surface area (Å²) in [6.07, 6.45) is 1.80. The monoisotopic (exact) mass is 252 g/mol. The van der Waals surface area contributed by atoms with E-state index < -0.39 is 0 Å². The summed E-state index contributed by atoms with van der Waals surface area (Å²) in [6.45, 7) is 1.87. The summed E-state index contributed by atoms with van der Waals surface area (Å²) in [5.74, 6) is -0.695. The van der Waals surface area contributed by atoms with Gasteiger partial charge >= 0.3 is 0 Å². The number of benzene rings is 1. The van der Waals surface area contributed by atoms with Crippen LogP contribution in [0.3, 0.4) is 0 Å². The molecule has 0 atom stereocenters. The van der Waals surface area contributed by atoms with Crippen LogP contribution in [0.1, 0.15) is 28.5 Å². The molecule has 0 saturated carbocycles. The molecule has 2 heterocycles. The number of hydrogen-bond donors (Lipinski definition) is 2. The fourth-order valence-corrected chi connectivity index (χ4v) is 2.32. The number of rotatable bonds is 1. The summed E-state index contributed by atoms with van der Waals surface area (Å²) in [5, 5.41) is 2.38. The topological polar surface area (TPSA) is 62.0 Å². The molecule has 1 aliphatic heterocycles. The highest BCUT2D eigenvalue weighted by Gasteiger charge is 2.28. The Morgan fingerprint density at radius 1 is 0.947 bits per heavy atom. The minimum Gasteiger partial charge on any atom is -0.361 e. The van der Waals surface area contributed by atoms with Crippen molar-refractivity contribution in [2.75, 3.05) is 0 Å². The molecule has 3 rings (SSSR count). The van der Waals surface area contributed by atoms with Crippen LogP contribution in [-0.2, 0) is 4.79 Å². The van der Waals surface area contributed by atoms with Crippen molar-refractivity contribution < 1.29 is 9.59 Å². The highest BCUT2D eigenvalue weighted by molar-refractivity contribution is 6.35. The Labute approximate surface area is 110 Å². The lowest BCUT2D eigenvalue weighted by atomic mass is 9.91. The lowest BCUT2D eigenvalue weighted by Gasteiger charge is -2.20. The summed E-state index contributed by atoms with van der Waals surface area (Å²) in [7, 11) is 0. The molecule has 1 aliphatic rings. The largest absolute Gasteiger partial charge is 0.361 e. The quantitative estimate of drug-likeness (QED) is 0.604. The molecule has 19 heavy (non-hydrogen) atoms. The van der Waals surface area contributed by atoms with Crippen molar-refractivity contribution in [3.05, 3.63) is 59.4 Å². The Hall–Kier alpha value is -2.62. The Balaban J connectivity index is 2.27. The zero-order valence-corrected chi connectivity index (χ0v) is 10.4. The molecule has 2 amide bonds. The summed E-state index contributed by atoms with van der Waals surface area (Å²) >= 11 is 0. The highest BCUT2D eigenvalue weighted by Crippen LogP contribution is 2.30. The van der Waals surface area contributed by atoms with E-state index in [1.165, 1.54) is 0 Å². The van der Waals surface area contributed by atoms with Crippen LogP contribution < -0.4 is 5.32 Å². The van der Waals surface area contributed by atoms with Gasteiger partial charge in [0.15, 0.2) is 0 Å². The second-order valence-corrected chi connectivity index (χ2v) is 4.41. The van der Waals surface area contributed by atoms with Gasteiger partial charge in [0.05, 0.1) is 5.57 Å². The molecular formula is C15H12N2O2. The number of aromatic amines is 1. The number of imide groups is 1. The van der Waals surface area contributed by atoms with Crippen molar-refractivity contribution >= 4 is 23.0 Å². The normalized spacial score (nSPS) is 16.9. The Kier molecular flexibility index (Phi) is 2.56. The lowest BCUT2D eigenvalue weighted by molar-refractivity contribution is -0.114. The molecule has 4 heteroatoms. The van der Waals surface area contributed by atoms with Gasteiger partial charge in [0.25, 0.3) is 11.8 Å². The summed E-state index contributed by atoms with van der Waals surface area (Å²) in [6, 6.07) is 10.9. The van der Waals surface area contributed by atoms with Gasteiger partial charge < -0.3 is 4.98 Å². The Bertz CT molecular complexity index is 697. The predicted octanol–water partition coefficient (Wildman–Crippen LogP) is 2.22. The molecular weight excluding hydrogens is 240 g/mol. The number of fused-ring (bicyclic) bond motifs is 1. The van der Waals surface area contributed by atoms with Crippen LogP contribution in [0.15, 0.2) is 42.6 Å². The second-order valence-electron chi connectivity index (χ2n) is 4.41. The minimum absolute atomic E-state index is 0.344. The number of carbonyl (C=O) groups is 2. The highest BCUT2D eigenvalue weighted by atomic mass is 16.2. The first-order valence-corrected chi connectivity index (χ1v) is 5.98. The number of allylic oxidation sites excluding steroid dienone is 1. The molecule has 0 fully saturated rings. The molecule has 0 radical (unpaired) electrons. The summed E-state index contributed by atoms with van der Waals surface area (Å²) < 4.78 is 0. The van der Waals surface area contributed by atoms with Gasteiger partial charge in [-0.1, -0.05) is 18.2 Å². The van der Waals surface area contributed by atoms with E-state index in [0.29, 0.717) is 16.7 Å². The first-order chi connectivity index (χ1) is 9.18. The molecule has 0 spiro atoms. The van der Waals surface area contributed by atoms with Crippen molar-refractivity contribution in [2.45, 2.75) is 6.92 Å². The number of nitrogens with one attached hydrogen (secondary N) is 2. The molecule has 0 aliphatic carbocycles. The van der Waals surface area contributed by atoms with E-state index >= 15 is 0 Å². The third-order valence-electron chi connectivity index (χ3n) is 3.27. The molecule has 1 aromatic carbocycles. The van der Waals surface area contributed by atoms with Crippen LogP contribution in [0.5, 0.6) is 0 Å². The van der Waals surface area contributed by atoms with Gasteiger partial charge in [-0.25, -0.2) is 0 Å². The van der Waals surface area contributed by atoms with Gasteiger partial charge in [0.1, 0.15) is 0 Å². The van der Waals surface area contributed by atoms with Crippen molar-refractivity contribution in [3.8, 4) is 0 Å². The number of H-pyrrole nitrogens is 1. The third-order valence-corrected chi connectivity index (χ3v) is 3.27. The molecule has 2 aromatic rings. The van der Waals surface area contributed by atoms with Gasteiger partial charge in [-0.15, -0.1) is 0 Å². The average molecular weight is 252 g/mol. The zero-order chi connectivity index (χ0) is 13.4. The molecule has 0 saturated heterocycles. The first-order valence-electron chi connectivity index (χ1n) is 5.98. The van der Waals surface area contributed by atoms with Crippen molar-refractivity contribution in [3.63, 3.8) is 0 Å². The first kappa shape index (κ1) is 11.5. The molecule has 2 N–H and O–H groups in total. The summed E-state index contributed by atoms with van der Waals surface area (Å²) in [4.78, 5) is 27.0. The average Bonchev–Trinajstić information content (AvgIpc) is 2.92. The van der Waals surface area contributed by atoms with Crippen LogP contribution in [0, 0.1) is 0 Å². The maximum Gasteiger partial charge on any atom is 0.259 e. The van der Waals surface area contributed by atoms with Crippen LogP contribution >= 0.6 is 0 Å². The standard InChI is InChI=1S/C15H12N2O2/c1-9(12-7-4-8-16-12)13-10-5-2-3-6-11(10)14(18)17-15(13)19/h2-8,16H,1H3,(H,17,18,19). The number of amides is 2. The fourth-order valence-electron chi connectivity index (χ4n) is 2.32. The van der Waals surface area contributed by atoms with E-state index in [9.17, 15) is 9.59 Å². The van der Waals surface area contributed by atoms with Gasteiger partial charge in [0, 0.05) is 23.0 Å². The second kappa shape index (κ2) is 4.24. The van der Waals surface area contributed by atoms with Crippen molar-refractivity contribution in [2.24, 2.45) is 0 Å². The van der Waals surface area contributed by atoms with Gasteiger partial charge in [0.2, 0.25) is 0 Å². The predicted molar refractivity (Wildman–Crippen MR) is 72.2 cm³/mol. The number of hydrogen-bond acceptors (Lipinski definition) is 2. The van der Waals surface area contributed by atoms with Crippen LogP contribution in [-0.4, -0.2) is 16.8 Å². The maximum atomic E-state index is 12.1. The smallest absolute Gasteiger partial charge is 0.259 e. The van der Waals surface area contributed by atoms with Crippen molar-refractivity contribution in [1.82, 2.24) is 10.3 Å². The molecule has 0 bridgehead atoms. The van der Waals surface area contributed by atoms with Crippen LogP contribution in [0.2, 0.25) is 0 Å². The Morgan fingerprint density at radius 2 is 1.68 bits per heavy atom. The van der Waals surface area contributed by atoms with Crippen molar-refractivity contribution in [1.29, 1.82) is 0 Å². The molecule has 1 aromatic heterocycles. The lowest BCUT2D eigenvalue weighted by Crippen LogP contribution is -2.36. The van der Waals surface area contributed by atoms with E-state index in [2.05, 4.69) is 10.3 Å². The number of carbonyl (C=O) groups excluding carboxylic acids is 2. The zero-order valence-electron chi connectivity index (χ0n) is 10.4.